The fourth-order valence-corrected chi connectivity index (χ4v) is 3.94. The van der Waals surface area contributed by atoms with Gasteiger partial charge in [-0.25, -0.2) is 4.98 Å². The number of hydrogen-bond donors (Lipinski definition) is 2. The maximum absolute atomic E-state index is 12.4. The number of benzene rings is 3. The number of amides is 1. The molecule has 1 aromatic heterocycles. The summed E-state index contributed by atoms with van der Waals surface area (Å²) < 4.78 is 5.14. The maximum Gasteiger partial charge on any atom is 0.257 e. The first kappa shape index (κ1) is 19.0. The zero-order valence-electron chi connectivity index (χ0n) is 15.5. The van der Waals surface area contributed by atoms with Gasteiger partial charge in [0.1, 0.15) is 5.75 Å². The van der Waals surface area contributed by atoms with Gasteiger partial charge in [0.2, 0.25) is 0 Å². The number of hydrogen-bond acceptors (Lipinski definition) is 5. The Labute approximate surface area is 177 Å². The Morgan fingerprint density at radius 3 is 2.72 bits per heavy atom. The number of carbonyl (C=O) groups excluding carboxylic acids is 1. The summed E-state index contributed by atoms with van der Waals surface area (Å²) in [6.45, 7) is 0. The number of ether oxygens (including phenoxy) is 1. The van der Waals surface area contributed by atoms with Crippen molar-refractivity contribution in [1.82, 2.24) is 10.3 Å². The molecule has 0 aliphatic carbocycles. The lowest BCUT2D eigenvalue weighted by Crippen LogP contribution is -2.34. The Morgan fingerprint density at radius 1 is 1.07 bits per heavy atom. The molecule has 1 heterocycles. The summed E-state index contributed by atoms with van der Waals surface area (Å²) in [7, 11) is 1.55. The molecule has 0 fully saturated rings. The highest BCUT2D eigenvalue weighted by Crippen LogP contribution is 2.30. The molecule has 144 valence electrons. The Kier molecular flexibility index (Phi) is 5.50. The third kappa shape index (κ3) is 4.26. The molecule has 2 N–H and O–H groups in total. The second-order valence-electron chi connectivity index (χ2n) is 6.20. The van der Waals surface area contributed by atoms with Crippen molar-refractivity contribution in [3.8, 4) is 17.0 Å². The van der Waals surface area contributed by atoms with Gasteiger partial charge in [0, 0.05) is 16.5 Å². The van der Waals surface area contributed by atoms with E-state index in [0.29, 0.717) is 16.4 Å². The van der Waals surface area contributed by atoms with Crippen LogP contribution in [0, 0.1) is 0 Å². The number of thiazole rings is 1. The molecule has 29 heavy (non-hydrogen) atoms. The van der Waals surface area contributed by atoms with Gasteiger partial charge in [0.05, 0.1) is 12.8 Å². The first-order valence-electron chi connectivity index (χ1n) is 8.84. The van der Waals surface area contributed by atoms with E-state index in [2.05, 4.69) is 33.8 Å². The van der Waals surface area contributed by atoms with Crippen LogP contribution in [0.25, 0.3) is 22.0 Å². The Hall–Kier alpha value is -3.29. The Morgan fingerprint density at radius 2 is 1.86 bits per heavy atom. The van der Waals surface area contributed by atoms with Gasteiger partial charge in [-0.2, -0.15) is 0 Å². The van der Waals surface area contributed by atoms with Crippen molar-refractivity contribution < 1.29 is 9.53 Å². The van der Waals surface area contributed by atoms with Gasteiger partial charge >= 0.3 is 0 Å². The fraction of sp³-hybridized carbons (Fsp3) is 0.0455. The van der Waals surface area contributed by atoms with Crippen LogP contribution < -0.4 is 15.4 Å². The number of rotatable bonds is 4. The third-order valence-electron chi connectivity index (χ3n) is 4.35. The van der Waals surface area contributed by atoms with Crippen molar-refractivity contribution in [2.24, 2.45) is 0 Å². The van der Waals surface area contributed by atoms with Crippen molar-refractivity contribution in [2.75, 3.05) is 12.4 Å². The van der Waals surface area contributed by atoms with E-state index in [1.165, 1.54) is 11.3 Å². The highest BCUT2D eigenvalue weighted by molar-refractivity contribution is 7.80. The molecule has 1 amide bonds. The Bertz CT molecular complexity index is 1200. The van der Waals surface area contributed by atoms with Gasteiger partial charge in [0.15, 0.2) is 10.2 Å². The summed E-state index contributed by atoms with van der Waals surface area (Å²) >= 11 is 6.70. The molecule has 0 saturated heterocycles. The minimum atomic E-state index is -0.313. The van der Waals surface area contributed by atoms with Crippen LogP contribution >= 0.6 is 23.6 Å². The molecule has 7 heteroatoms. The SMILES string of the molecule is COc1cccc(C(=O)NC(=S)Nc2nc(-c3cccc4ccccc34)cs2)c1. The van der Waals surface area contributed by atoms with E-state index in [0.717, 1.165) is 22.0 Å². The fourth-order valence-electron chi connectivity index (χ4n) is 2.97. The van der Waals surface area contributed by atoms with Crippen LogP contribution in [-0.4, -0.2) is 23.1 Å². The second kappa shape index (κ2) is 8.38. The first-order valence-corrected chi connectivity index (χ1v) is 10.1. The third-order valence-corrected chi connectivity index (χ3v) is 5.31. The van der Waals surface area contributed by atoms with E-state index in [-0.39, 0.29) is 11.0 Å². The molecular formula is C22H17N3O2S2. The quantitative estimate of drug-likeness (QED) is 0.451. The second-order valence-corrected chi connectivity index (χ2v) is 7.47. The summed E-state index contributed by atoms with van der Waals surface area (Å²) in [4.78, 5) is 17.0. The summed E-state index contributed by atoms with van der Waals surface area (Å²) in [5, 5.41) is 10.7. The first-order chi connectivity index (χ1) is 14.1. The summed E-state index contributed by atoms with van der Waals surface area (Å²) in [5.41, 5.74) is 2.37. The number of anilines is 1. The van der Waals surface area contributed by atoms with Crippen LogP contribution in [0.4, 0.5) is 5.13 Å². The monoisotopic (exact) mass is 419 g/mol. The molecule has 4 rings (SSSR count). The highest BCUT2D eigenvalue weighted by Gasteiger charge is 2.12. The zero-order valence-corrected chi connectivity index (χ0v) is 17.1. The average molecular weight is 420 g/mol. The number of nitrogens with one attached hydrogen (secondary N) is 2. The number of methoxy groups -OCH3 is 1. The van der Waals surface area contributed by atoms with Crippen molar-refractivity contribution in [3.05, 3.63) is 77.7 Å². The molecule has 0 saturated carbocycles. The van der Waals surface area contributed by atoms with Gasteiger partial charge in [-0.1, -0.05) is 48.5 Å². The minimum absolute atomic E-state index is 0.191. The van der Waals surface area contributed by atoms with Crippen LogP contribution in [0.1, 0.15) is 10.4 Å². The molecule has 5 nitrogen and oxygen atoms in total. The highest BCUT2D eigenvalue weighted by atomic mass is 32.1. The van der Waals surface area contributed by atoms with Crippen LogP contribution in [0.2, 0.25) is 0 Å². The van der Waals surface area contributed by atoms with Gasteiger partial charge in [-0.05, 0) is 41.2 Å². The van der Waals surface area contributed by atoms with Crippen LogP contribution in [0.5, 0.6) is 5.75 Å². The molecule has 0 atom stereocenters. The lowest BCUT2D eigenvalue weighted by molar-refractivity contribution is 0.0977. The van der Waals surface area contributed by atoms with Gasteiger partial charge < -0.3 is 10.1 Å². The predicted octanol–water partition coefficient (Wildman–Crippen LogP) is 5.10. The van der Waals surface area contributed by atoms with Gasteiger partial charge in [0.25, 0.3) is 5.91 Å². The van der Waals surface area contributed by atoms with Gasteiger partial charge in [-0.15, -0.1) is 11.3 Å². The van der Waals surface area contributed by atoms with E-state index < -0.39 is 0 Å². The van der Waals surface area contributed by atoms with E-state index in [9.17, 15) is 4.79 Å². The summed E-state index contributed by atoms with van der Waals surface area (Å²) in [6, 6.07) is 21.2. The van der Waals surface area contributed by atoms with Crippen molar-refractivity contribution >= 4 is 50.5 Å². The summed E-state index contributed by atoms with van der Waals surface area (Å²) in [6.07, 6.45) is 0. The smallest absolute Gasteiger partial charge is 0.257 e. The molecule has 0 aliphatic heterocycles. The molecule has 0 radical (unpaired) electrons. The maximum atomic E-state index is 12.4. The summed E-state index contributed by atoms with van der Waals surface area (Å²) in [5.74, 6) is 0.295. The standard InChI is InChI=1S/C22H17N3O2S2/c1-27-16-9-4-8-15(12-16)20(26)24-21(28)25-22-23-19(13-29-22)18-11-5-7-14-6-2-3-10-17(14)18/h2-13H,1H3,(H2,23,24,25,26,28). The van der Waals surface area contributed by atoms with Gasteiger partial charge in [-0.3, -0.25) is 10.1 Å². The van der Waals surface area contributed by atoms with E-state index in [1.807, 2.05) is 29.6 Å². The number of aromatic nitrogens is 1. The van der Waals surface area contributed by atoms with Crippen molar-refractivity contribution in [3.63, 3.8) is 0 Å². The molecule has 0 unspecified atom stereocenters. The molecule has 3 aromatic carbocycles. The van der Waals surface area contributed by atoms with Crippen LogP contribution in [-0.2, 0) is 0 Å². The lowest BCUT2D eigenvalue weighted by Gasteiger charge is -2.08. The lowest BCUT2D eigenvalue weighted by atomic mass is 10.0. The largest absolute Gasteiger partial charge is 0.497 e. The normalized spacial score (nSPS) is 10.5. The number of nitrogens with zero attached hydrogens (tertiary/aromatic N) is 1. The van der Waals surface area contributed by atoms with Crippen LogP contribution in [0.15, 0.2) is 72.1 Å². The zero-order chi connectivity index (χ0) is 20.2. The van der Waals surface area contributed by atoms with E-state index >= 15 is 0 Å². The molecule has 0 aliphatic rings. The molecular weight excluding hydrogens is 402 g/mol. The van der Waals surface area contributed by atoms with Crippen molar-refractivity contribution in [2.45, 2.75) is 0 Å². The topological polar surface area (TPSA) is 63.2 Å². The van der Waals surface area contributed by atoms with E-state index in [4.69, 9.17) is 17.0 Å². The van der Waals surface area contributed by atoms with Crippen LogP contribution in [0.3, 0.4) is 0 Å². The van der Waals surface area contributed by atoms with Crippen molar-refractivity contribution in [1.29, 1.82) is 0 Å². The minimum Gasteiger partial charge on any atom is -0.497 e. The number of carbonyl (C=O) groups is 1. The average Bonchev–Trinajstić information content (AvgIpc) is 3.21. The number of fused-ring (bicyclic) bond motifs is 1. The Balaban J connectivity index is 1.47. The molecule has 4 aromatic rings. The predicted molar refractivity (Wildman–Crippen MR) is 122 cm³/mol. The number of thiocarbonyl (C=S) groups is 1. The molecule has 0 spiro atoms. The molecule has 0 bridgehead atoms. The van der Waals surface area contributed by atoms with E-state index in [1.54, 1.807) is 31.4 Å².